The summed E-state index contributed by atoms with van der Waals surface area (Å²) in [6.45, 7) is 5.68. The third-order valence-corrected chi connectivity index (χ3v) is 3.25. The number of rotatable bonds is 9. The van der Waals surface area contributed by atoms with Crippen LogP contribution in [0.4, 0.5) is 0 Å². The Morgan fingerprint density at radius 3 is 2.26 bits per heavy atom. The maximum atomic E-state index is 11.8. The molecule has 5 heteroatoms. The molecule has 0 bridgehead atoms. The van der Waals surface area contributed by atoms with Gasteiger partial charge in [0.05, 0.1) is 6.54 Å². The summed E-state index contributed by atoms with van der Waals surface area (Å²) in [5, 5.41) is 14.5. The van der Waals surface area contributed by atoms with E-state index in [1.807, 2.05) is 20.8 Å². The lowest BCUT2D eigenvalue weighted by Gasteiger charge is -2.27. The van der Waals surface area contributed by atoms with Gasteiger partial charge in [-0.25, -0.2) is 0 Å². The topological polar surface area (TPSA) is 78.4 Å². The molecule has 0 saturated carbocycles. The van der Waals surface area contributed by atoms with Crippen molar-refractivity contribution in [2.24, 2.45) is 0 Å². The Morgan fingerprint density at radius 2 is 1.89 bits per heavy atom. The van der Waals surface area contributed by atoms with Crippen molar-refractivity contribution in [1.82, 2.24) is 10.6 Å². The van der Waals surface area contributed by atoms with Crippen LogP contribution in [0.1, 0.15) is 46.5 Å². The molecule has 0 saturated heterocycles. The van der Waals surface area contributed by atoms with E-state index in [2.05, 4.69) is 16.6 Å². The van der Waals surface area contributed by atoms with Gasteiger partial charge >= 0.3 is 5.97 Å². The van der Waals surface area contributed by atoms with Gasteiger partial charge in [-0.05, 0) is 19.3 Å². The number of aliphatic carboxylic acids is 1. The lowest BCUT2D eigenvalue weighted by Crippen LogP contribution is -2.51. The van der Waals surface area contributed by atoms with Crippen LogP contribution in [0, 0.1) is 12.3 Å². The molecule has 5 nitrogen and oxygen atoms in total. The Kier molecular flexibility index (Phi) is 7.85. The quantitative estimate of drug-likeness (QED) is 0.548. The van der Waals surface area contributed by atoms with E-state index in [1.54, 1.807) is 0 Å². The summed E-state index contributed by atoms with van der Waals surface area (Å²) in [6.07, 6.45) is 7.96. The van der Waals surface area contributed by atoms with Crippen LogP contribution < -0.4 is 10.6 Å². The smallest absolute Gasteiger partial charge is 0.320 e. The highest BCUT2D eigenvalue weighted by molar-refractivity contribution is 5.81. The molecule has 0 aliphatic carbocycles. The third kappa shape index (κ3) is 5.75. The van der Waals surface area contributed by atoms with Crippen molar-refractivity contribution in [2.75, 3.05) is 6.54 Å². The molecule has 0 aliphatic rings. The molecule has 0 heterocycles. The molecule has 1 amide bonds. The zero-order chi connectivity index (χ0) is 14.9. The second kappa shape index (κ2) is 8.54. The average Bonchev–Trinajstić information content (AvgIpc) is 2.40. The number of amides is 1. The van der Waals surface area contributed by atoms with Crippen LogP contribution in [-0.2, 0) is 9.59 Å². The highest BCUT2D eigenvalue weighted by Gasteiger charge is 2.25. The SMILES string of the molecule is C#CC(CC)(CC)NC(=O)CNC(CCC)C(=O)O. The van der Waals surface area contributed by atoms with E-state index in [0.717, 1.165) is 6.42 Å². The number of nitrogens with one attached hydrogen (secondary N) is 2. The van der Waals surface area contributed by atoms with Crippen molar-refractivity contribution in [3.63, 3.8) is 0 Å². The third-order valence-electron chi connectivity index (χ3n) is 3.25. The minimum absolute atomic E-state index is 0.0413. The molecule has 108 valence electrons. The number of carbonyl (C=O) groups excluding carboxylic acids is 1. The van der Waals surface area contributed by atoms with Crippen molar-refractivity contribution in [3.8, 4) is 12.3 Å². The minimum Gasteiger partial charge on any atom is -0.480 e. The molecule has 0 fully saturated rings. The van der Waals surface area contributed by atoms with Gasteiger partial charge in [0.25, 0.3) is 0 Å². The van der Waals surface area contributed by atoms with Crippen LogP contribution in [0.2, 0.25) is 0 Å². The van der Waals surface area contributed by atoms with E-state index < -0.39 is 17.6 Å². The van der Waals surface area contributed by atoms with E-state index in [0.29, 0.717) is 19.3 Å². The van der Waals surface area contributed by atoms with Crippen molar-refractivity contribution in [3.05, 3.63) is 0 Å². The first-order valence-corrected chi connectivity index (χ1v) is 6.69. The fraction of sp³-hybridized carbons (Fsp3) is 0.714. The molecule has 1 unspecified atom stereocenters. The van der Waals surface area contributed by atoms with E-state index in [4.69, 9.17) is 11.5 Å². The molecule has 0 spiro atoms. The predicted molar refractivity (Wildman–Crippen MR) is 74.6 cm³/mol. The molecule has 0 aliphatic heterocycles. The molecule has 3 N–H and O–H groups in total. The van der Waals surface area contributed by atoms with Gasteiger partial charge in [-0.1, -0.05) is 33.1 Å². The van der Waals surface area contributed by atoms with Gasteiger partial charge in [0.15, 0.2) is 0 Å². The second-order valence-corrected chi connectivity index (χ2v) is 4.54. The van der Waals surface area contributed by atoms with Crippen LogP contribution in [0.5, 0.6) is 0 Å². The monoisotopic (exact) mass is 268 g/mol. The van der Waals surface area contributed by atoms with E-state index in [-0.39, 0.29) is 12.5 Å². The number of hydrogen-bond donors (Lipinski definition) is 3. The first-order valence-electron chi connectivity index (χ1n) is 6.69. The lowest BCUT2D eigenvalue weighted by molar-refractivity contribution is -0.139. The van der Waals surface area contributed by atoms with Gasteiger partial charge in [-0.2, -0.15) is 0 Å². The molecule has 0 aromatic carbocycles. The molecule has 0 rings (SSSR count). The van der Waals surface area contributed by atoms with Crippen LogP contribution in [0.25, 0.3) is 0 Å². The minimum atomic E-state index is -0.941. The molecular weight excluding hydrogens is 244 g/mol. The Bertz CT molecular complexity index is 343. The van der Waals surface area contributed by atoms with Crippen molar-refractivity contribution >= 4 is 11.9 Å². The van der Waals surface area contributed by atoms with Crippen LogP contribution in [0.3, 0.4) is 0 Å². The van der Waals surface area contributed by atoms with Crippen molar-refractivity contribution < 1.29 is 14.7 Å². The summed E-state index contributed by atoms with van der Waals surface area (Å²) >= 11 is 0. The molecule has 19 heavy (non-hydrogen) atoms. The van der Waals surface area contributed by atoms with Gasteiger partial charge in [0, 0.05) is 0 Å². The van der Waals surface area contributed by atoms with Gasteiger partial charge in [0.1, 0.15) is 11.6 Å². The highest BCUT2D eigenvalue weighted by Crippen LogP contribution is 2.13. The number of terminal acetylenes is 1. The molecule has 1 atom stereocenters. The largest absolute Gasteiger partial charge is 0.480 e. The highest BCUT2D eigenvalue weighted by atomic mass is 16.4. The summed E-state index contributed by atoms with van der Waals surface area (Å²) in [5.74, 6) is 1.39. The Balaban J connectivity index is 4.39. The van der Waals surface area contributed by atoms with Crippen LogP contribution >= 0.6 is 0 Å². The second-order valence-electron chi connectivity index (χ2n) is 4.54. The molecule has 0 radical (unpaired) electrons. The Morgan fingerprint density at radius 1 is 1.32 bits per heavy atom. The zero-order valence-electron chi connectivity index (χ0n) is 12.0. The first kappa shape index (κ1) is 17.5. The fourth-order valence-electron chi connectivity index (χ4n) is 1.80. The number of hydrogen-bond acceptors (Lipinski definition) is 3. The van der Waals surface area contributed by atoms with Gasteiger partial charge in [0.2, 0.25) is 5.91 Å². The summed E-state index contributed by atoms with van der Waals surface area (Å²) < 4.78 is 0. The van der Waals surface area contributed by atoms with Crippen molar-refractivity contribution in [2.45, 2.75) is 58.0 Å². The summed E-state index contributed by atoms with van der Waals surface area (Å²) in [5.41, 5.74) is -0.637. The fourth-order valence-corrected chi connectivity index (χ4v) is 1.80. The normalized spacial score (nSPS) is 12.5. The lowest BCUT2D eigenvalue weighted by atomic mass is 9.94. The van der Waals surface area contributed by atoms with Gasteiger partial charge < -0.3 is 10.4 Å². The maximum absolute atomic E-state index is 11.8. The maximum Gasteiger partial charge on any atom is 0.320 e. The summed E-state index contributed by atoms with van der Waals surface area (Å²) in [7, 11) is 0. The first-order chi connectivity index (χ1) is 8.94. The van der Waals surface area contributed by atoms with Gasteiger partial charge in [-0.15, -0.1) is 6.42 Å². The Hall–Kier alpha value is -1.54. The number of carboxylic acids is 1. The van der Waals surface area contributed by atoms with E-state index in [9.17, 15) is 9.59 Å². The number of carbonyl (C=O) groups is 2. The molecule has 0 aromatic rings. The Labute approximate surface area is 115 Å². The van der Waals surface area contributed by atoms with E-state index >= 15 is 0 Å². The van der Waals surface area contributed by atoms with Crippen molar-refractivity contribution in [1.29, 1.82) is 0 Å². The molecular formula is C14H24N2O3. The van der Waals surface area contributed by atoms with E-state index in [1.165, 1.54) is 0 Å². The summed E-state index contributed by atoms with van der Waals surface area (Å²) in [6, 6.07) is -0.695. The molecule has 0 aromatic heterocycles. The predicted octanol–water partition coefficient (Wildman–Crippen LogP) is 1.14. The average molecular weight is 268 g/mol. The number of carboxylic acid groups (broad SMARTS) is 1. The van der Waals surface area contributed by atoms with Gasteiger partial charge in [-0.3, -0.25) is 14.9 Å². The van der Waals surface area contributed by atoms with Crippen LogP contribution in [0.15, 0.2) is 0 Å². The standard InChI is InChI=1S/C14H24N2O3/c1-5-9-11(13(18)19)15-10-12(17)16-14(6-2,7-3)8-4/h2,11,15H,5,7-10H2,1,3-4H3,(H,16,17)(H,18,19). The summed E-state index contributed by atoms with van der Waals surface area (Å²) in [4.78, 5) is 22.7. The van der Waals surface area contributed by atoms with Crippen LogP contribution in [-0.4, -0.2) is 35.1 Å². The zero-order valence-corrected chi connectivity index (χ0v) is 12.0.